The van der Waals surface area contributed by atoms with Crippen molar-refractivity contribution in [1.82, 2.24) is 0 Å². The van der Waals surface area contributed by atoms with Crippen LogP contribution in [-0.4, -0.2) is 23.4 Å². The summed E-state index contributed by atoms with van der Waals surface area (Å²) in [5.74, 6) is -1.20. The number of hydrogen-bond acceptors (Lipinski definition) is 2. The molecule has 0 aromatic heterocycles. The lowest BCUT2D eigenvalue weighted by atomic mass is 9.75. The number of alkyl halides is 3. The van der Waals surface area contributed by atoms with Crippen LogP contribution in [-0.2, 0) is 0 Å². The molecule has 0 aromatic carbocycles. The first-order valence-electron chi connectivity index (χ1n) is 4.84. The summed E-state index contributed by atoms with van der Waals surface area (Å²) in [5.41, 5.74) is 5.27. The van der Waals surface area contributed by atoms with Crippen molar-refractivity contribution in [1.29, 1.82) is 0 Å². The molecular weight excluding hydrogens is 195 g/mol. The zero-order valence-corrected chi connectivity index (χ0v) is 7.98. The molecule has 0 bridgehead atoms. The maximum atomic E-state index is 12.3. The number of rotatable bonds is 2. The molecule has 5 heteroatoms. The smallest absolute Gasteiger partial charge is 0.391 e. The lowest BCUT2D eigenvalue weighted by Crippen LogP contribution is -2.46. The summed E-state index contributed by atoms with van der Waals surface area (Å²) in [7, 11) is 0. The molecule has 1 fully saturated rings. The molecule has 1 aliphatic carbocycles. The van der Waals surface area contributed by atoms with Gasteiger partial charge in [0, 0.05) is 12.1 Å². The number of aliphatic hydroxyl groups excluding tert-OH is 1. The van der Waals surface area contributed by atoms with Gasteiger partial charge in [-0.3, -0.25) is 0 Å². The molecule has 1 aliphatic rings. The fourth-order valence-electron chi connectivity index (χ4n) is 1.99. The van der Waals surface area contributed by atoms with Gasteiger partial charge in [0.1, 0.15) is 0 Å². The van der Waals surface area contributed by atoms with Gasteiger partial charge in [0.2, 0.25) is 0 Å². The minimum atomic E-state index is -4.08. The van der Waals surface area contributed by atoms with Crippen LogP contribution in [0.1, 0.15) is 32.1 Å². The first kappa shape index (κ1) is 11.8. The quantitative estimate of drug-likeness (QED) is 0.731. The van der Waals surface area contributed by atoms with Gasteiger partial charge in [-0.25, -0.2) is 0 Å². The Balaban J connectivity index is 2.45. The van der Waals surface area contributed by atoms with E-state index < -0.39 is 17.6 Å². The Hall–Kier alpha value is -0.290. The van der Waals surface area contributed by atoms with Gasteiger partial charge in [-0.1, -0.05) is 0 Å². The Bertz CT molecular complexity index is 185. The standard InChI is InChI=1S/C9H16F3NO/c10-9(11,12)7-1-3-8(13,4-2-7)5-6-14/h7,14H,1-6,13H2. The molecule has 84 valence electrons. The van der Waals surface area contributed by atoms with E-state index in [1.807, 2.05) is 0 Å². The summed E-state index contributed by atoms with van der Waals surface area (Å²) < 4.78 is 36.9. The van der Waals surface area contributed by atoms with E-state index in [1.54, 1.807) is 0 Å². The predicted molar refractivity (Wildman–Crippen MR) is 46.6 cm³/mol. The van der Waals surface area contributed by atoms with Crippen LogP contribution in [0.15, 0.2) is 0 Å². The molecule has 14 heavy (non-hydrogen) atoms. The highest BCUT2D eigenvalue weighted by atomic mass is 19.4. The van der Waals surface area contributed by atoms with Crippen molar-refractivity contribution >= 4 is 0 Å². The molecule has 3 N–H and O–H groups in total. The van der Waals surface area contributed by atoms with Crippen LogP contribution in [0.3, 0.4) is 0 Å². The van der Waals surface area contributed by atoms with Crippen LogP contribution >= 0.6 is 0 Å². The first-order chi connectivity index (χ1) is 6.37. The zero-order chi connectivity index (χ0) is 10.8. The molecule has 0 amide bonds. The summed E-state index contributed by atoms with van der Waals surface area (Å²) in [6, 6.07) is 0. The van der Waals surface area contributed by atoms with Crippen LogP contribution < -0.4 is 5.73 Å². The maximum absolute atomic E-state index is 12.3. The molecule has 0 atom stereocenters. The van der Waals surface area contributed by atoms with Crippen molar-refractivity contribution in [2.24, 2.45) is 11.7 Å². The maximum Gasteiger partial charge on any atom is 0.391 e. The number of hydrogen-bond donors (Lipinski definition) is 2. The topological polar surface area (TPSA) is 46.2 Å². The van der Waals surface area contributed by atoms with E-state index in [0.717, 1.165) is 0 Å². The number of halogens is 3. The van der Waals surface area contributed by atoms with Crippen molar-refractivity contribution in [2.75, 3.05) is 6.61 Å². The third kappa shape index (κ3) is 2.85. The Morgan fingerprint density at radius 3 is 2.14 bits per heavy atom. The summed E-state index contributed by atoms with van der Waals surface area (Å²) >= 11 is 0. The Morgan fingerprint density at radius 1 is 1.29 bits per heavy atom. The average molecular weight is 211 g/mol. The molecule has 0 spiro atoms. The van der Waals surface area contributed by atoms with E-state index in [4.69, 9.17) is 10.8 Å². The lowest BCUT2D eigenvalue weighted by Gasteiger charge is -2.37. The van der Waals surface area contributed by atoms with Gasteiger partial charge >= 0.3 is 6.18 Å². The van der Waals surface area contributed by atoms with Crippen molar-refractivity contribution in [3.05, 3.63) is 0 Å². The van der Waals surface area contributed by atoms with Gasteiger partial charge in [0.05, 0.1) is 5.92 Å². The highest BCUT2D eigenvalue weighted by Gasteiger charge is 2.44. The lowest BCUT2D eigenvalue weighted by molar-refractivity contribution is -0.184. The molecule has 0 aromatic rings. The highest BCUT2D eigenvalue weighted by Crippen LogP contribution is 2.41. The highest BCUT2D eigenvalue weighted by molar-refractivity contribution is 4.91. The monoisotopic (exact) mass is 211 g/mol. The minimum Gasteiger partial charge on any atom is -0.396 e. The van der Waals surface area contributed by atoms with Gasteiger partial charge < -0.3 is 10.8 Å². The summed E-state index contributed by atoms with van der Waals surface area (Å²) in [6.07, 6.45) is -2.77. The number of aliphatic hydroxyl groups is 1. The fourth-order valence-corrected chi connectivity index (χ4v) is 1.99. The molecule has 0 radical (unpaired) electrons. The molecule has 0 aliphatic heterocycles. The van der Waals surface area contributed by atoms with E-state index in [-0.39, 0.29) is 19.4 Å². The SMILES string of the molecule is NC1(CCO)CCC(C(F)(F)F)CC1. The van der Waals surface area contributed by atoms with Crippen LogP contribution in [0.2, 0.25) is 0 Å². The average Bonchev–Trinajstić information content (AvgIpc) is 2.03. The van der Waals surface area contributed by atoms with Crippen LogP contribution in [0.25, 0.3) is 0 Å². The molecule has 1 rings (SSSR count). The number of nitrogens with two attached hydrogens (primary N) is 1. The third-order valence-corrected chi connectivity index (χ3v) is 3.05. The van der Waals surface area contributed by atoms with E-state index in [0.29, 0.717) is 19.3 Å². The Labute approximate surface area is 81.3 Å². The van der Waals surface area contributed by atoms with Crippen molar-refractivity contribution in [3.8, 4) is 0 Å². The normalized spacial score (nSPS) is 34.5. The second kappa shape index (κ2) is 4.06. The van der Waals surface area contributed by atoms with Crippen molar-refractivity contribution in [2.45, 2.75) is 43.8 Å². The summed E-state index contributed by atoms with van der Waals surface area (Å²) in [5, 5.41) is 8.71. The summed E-state index contributed by atoms with van der Waals surface area (Å²) in [4.78, 5) is 0. The zero-order valence-electron chi connectivity index (χ0n) is 7.98. The molecule has 0 unspecified atom stereocenters. The van der Waals surface area contributed by atoms with Crippen molar-refractivity contribution < 1.29 is 18.3 Å². The summed E-state index contributed by atoms with van der Waals surface area (Å²) in [6.45, 7) is -0.0484. The Kier molecular flexibility index (Phi) is 3.42. The second-order valence-corrected chi connectivity index (χ2v) is 4.15. The van der Waals surface area contributed by atoms with Gasteiger partial charge in [-0.05, 0) is 32.1 Å². The molecule has 2 nitrogen and oxygen atoms in total. The van der Waals surface area contributed by atoms with Crippen LogP contribution in [0.4, 0.5) is 13.2 Å². The molecule has 0 heterocycles. The molecular formula is C9H16F3NO. The van der Waals surface area contributed by atoms with E-state index >= 15 is 0 Å². The predicted octanol–water partition coefficient (Wildman–Crippen LogP) is 1.82. The minimum absolute atomic E-state index is 0.0484. The van der Waals surface area contributed by atoms with Gasteiger partial charge in [-0.15, -0.1) is 0 Å². The Morgan fingerprint density at radius 2 is 1.79 bits per heavy atom. The largest absolute Gasteiger partial charge is 0.396 e. The van der Waals surface area contributed by atoms with Gasteiger partial charge in [-0.2, -0.15) is 13.2 Å². The molecule has 1 saturated carbocycles. The van der Waals surface area contributed by atoms with E-state index in [9.17, 15) is 13.2 Å². The molecule has 0 saturated heterocycles. The van der Waals surface area contributed by atoms with E-state index in [1.165, 1.54) is 0 Å². The van der Waals surface area contributed by atoms with Gasteiger partial charge in [0.15, 0.2) is 0 Å². The third-order valence-electron chi connectivity index (χ3n) is 3.05. The van der Waals surface area contributed by atoms with Crippen LogP contribution in [0, 0.1) is 5.92 Å². The van der Waals surface area contributed by atoms with Gasteiger partial charge in [0.25, 0.3) is 0 Å². The fraction of sp³-hybridized carbons (Fsp3) is 1.00. The first-order valence-corrected chi connectivity index (χ1v) is 4.84. The van der Waals surface area contributed by atoms with Crippen LogP contribution in [0.5, 0.6) is 0 Å². The second-order valence-electron chi connectivity index (χ2n) is 4.15. The van der Waals surface area contributed by atoms with E-state index in [2.05, 4.69) is 0 Å². The van der Waals surface area contributed by atoms with Crippen molar-refractivity contribution in [3.63, 3.8) is 0 Å².